The summed E-state index contributed by atoms with van der Waals surface area (Å²) >= 11 is 5.81. The van der Waals surface area contributed by atoms with Crippen molar-refractivity contribution in [3.05, 3.63) is 34.6 Å². The van der Waals surface area contributed by atoms with Crippen LogP contribution in [0.15, 0.2) is 23.2 Å². The van der Waals surface area contributed by atoms with Crippen molar-refractivity contribution in [3.63, 3.8) is 0 Å². The standard InChI is InChI=1S/C12H13ClFN3O2/c1-19-5-4-15-12-16-10(11(18)17-12)8-6-7(13)2-3-9(8)14/h2-3,6,10H,4-5H2,1H3,(H2,15,16,17,18). The van der Waals surface area contributed by atoms with Crippen molar-refractivity contribution in [2.24, 2.45) is 4.99 Å². The van der Waals surface area contributed by atoms with Gasteiger partial charge < -0.3 is 10.1 Å². The van der Waals surface area contributed by atoms with Gasteiger partial charge in [-0.25, -0.2) is 4.39 Å². The number of aliphatic imine (C=N–C) groups is 1. The third-order valence-electron chi connectivity index (χ3n) is 2.62. The Hall–Kier alpha value is -1.66. The van der Waals surface area contributed by atoms with E-state index in [2.05, 4.69) is 15.6 Å². The van der Waals surface area contributed by atoms with Gasteiger partial charge in [-0.1, -0.05) is 11.6 Å². The van der Waals surface area contributed by atoms with Gasteiger partial charge in [0.25, 0.3) is 5.91 Å². The second-order valence-corrected chi connectivity index (χ2v) is 4.39. The van der Waals surface area contributed by atoms with Gasteiger partial charge >= 0.3 is 0 Å². The summed E-state index contributed by atoms with van der Waals surface area (Å²) in [6.45, 7) is 0.848. The van der Waals surface area contributed by atoms with Crippen LogP contribution in [0, 0.1) is 5.82 Å². The highest BCUT2D eigenvalue weighted by Gasteiger charge is 2.31. The fraction of sp³-hybridized carbons (Fsp3) is 0.333. The lowest BCUT2D eigenvalue weighted by Gasteiger charge is -2.09. The molecule has 5 nitrogen and oxygen atoms in total. The van der Waals surface area contributed by atoms with Gasteiger partial charge in [0.1, 0.15) is 11.9 Å². The number of ether oxygens (including phenoxy) is 1. The van der Waals surface area contributed by atoms with Crippen molar-refractivity contribution in [1.29, 1.82) is 0 Å². The zero-order valence-corrected chi connectivity index (χ0v) is 11.0. The van der Waals surface area contributed by atoms with Crippen LogP contribution < -0.4 is 10.6 Å². The summed E-state index contributed by atoms with van der Waals surface area (Å²) < 4.78 is 18.5. The van der Waals surface area contributed by atoms with Gasteiger partial charge in [-0.05, 0) is 18.2 Å². The first kappa shape index (κ1) is 13.8. The first-order valence-corrected chi connectivity index (χ1v) is 6.05. The number of methoxy groups -OCH3 is 1. The van der Waals surface area contributed by atoms with Crippen molar-refractivity contribution < 1.29 is 13.9 Å². The summed E-state index contributed by atoms with van der Waals surface area (Å²) in [5.41, 5.74) is 0.196. The van der Waals surface area contributed by atoms with Crippen LogP contribution in [0.2, 0.25) is 5.02 Å². The zero-order chi connectivity index (χ0) is 13.8. The van der Waals surface area contributed by atoms with Crippen molar-refractivity contribution >= 4 is 23.5 Å². The van der Waals surface area contributed by atoms with Crippen LogP contribution in [-0.2, 0) is 9.53 Å². The Labute approximate surface area is 114 Å². The molecule has 1 aromatic carbocycles. The van der Waals surface area contributed by atoms with E-state index >= 15 is 0 Å². The van der Waals surface area contributed by atoms with Gasteiger partial charge in [-0.15, -0.1) is 0 Å². The minimum Gasteiger partial charge on any atom is -0.383 e. The van der Waals surface area contributed by atoms with E-state index in [0.29, 0.717) is 24.1 Å². The lowest BCUT2D eigenvalue weighted by atomic mass is 10.1. The lowest BCUT2D eigenvalue weighted by molar-refractivity contribution is -0.120. The van der Waals surface area contributed by atoms with Crippen LogP contribution in [0.3, 0.4) is 0 Å². The molecule has 1 aromatic rings. The van der Waals surface area contributed by atoms with E-state index in [9.17, 15) is 9.18 Å². The number of hydrogen-bond donors (Lipinski definition) is 2. The summed E-state index contributed by atoms with van der Waals surface area (Å²) in [6.07, 6.45) is 0. The molecule has 0 bridgehead atoms. The summed E-state index contributed by atoms with van der Waals surface area (Å²) in [5, 5.41) is 5.73. The number of carbonyl (C=O) groups excluding carboxylic acids is 1. The molecule has 1 atom stereocenters. The molecule has 1 saturated heterocycles. The van der Waals surface area contributed by atoms with Gasteiger partial charge in [-0.2, -0.15) is 0 Å². The predicted molar refractivity (Wildman–Crippen MR) is 69.6 cm³/mol. The van der Waals surface area contributed by atoms with Crippen molar-refractivity contribution in [3.8, 4) is 0 Å². The molecule has 0 aliphatic carbocycles. The van der Waals surface area contributed by atoms with E-state index in [1.807, 2.05) is 0 Å². The van der Waals surface area contributed by atoms with Crippen LogP contribution in [0.5, 0.6) is 0 Å². The predicted octanol–water partition coefficient (Wildman–Crippen LogP) is 1.24. The van der Waals surface area contributed by atoms with Gasteiger partial charge in [0.05, 0.1) is 13.2 Å². The van der Waals surface area contributed by atoms with E-state index in [1.165, 1.54) is 18.2 Å². The van der Waals surface area contributed by atoms with Gasteiger partial charge in [0.2, 0.25) is 0 Å². The van der Waals surface area contributed by atoms with Crippen LogP contribution in [0.1, 0.15) is 11.6 Å². The van der Waals surface area contributed by atoms with E-state index in [-0.39, 0.29) is 11.5 Å². The fourth-order valence-electron chi connectivity index (χ4n) is 1.72. The molecule has 2 rings (SSSR count). The highest BCUT2D eigenvalue weighted by Crippen LogP contribution is 2.23. The Morgan fingerprint density at radius 3 is 3.05 bits per heavy atom. The Balaban J connectivity index is 2.16. The lowest BCUT2D eigenvalue weighted by Crippen LogP contribution is -2.26. The second-order valence-electron chi connectivity index (χ2n) is 3.96. The molecule has 19 heavy (non-hydrogen) atoms. The number of benzene rings is 1. The second kappa shape index (κ2) is 5.99. The maximum Gasteiger partial charge on any atom is 0.254 e. The molecule has 0 saturated carbocycles. The molecule has 1 fully saturated rings. The molecule has 1 heterocycles. The first-order chi connectivity index (χ1) is 9.11. The van der Waals surface area contributed by atoms with Crippen molar-refractivity contribution in [1.82, 2.24) is 10.6 Å². The molecular formula is C12H13ClFN3O2. The van der Waals surface area contributed by atoms with E-state index in [4.69, 9.17) is 16.3 Å². The zero-order valence-electron chi connectivity index (χ0n) is 10.2. The molecular weight excluding hydrogens is 273 g/mol. The summed E-state index contributed by atoms with van der Waals surface area (Å²) in [7, 11) is 1.56. The minimum absolute atomic E-state index is 0.196. The van der Waals surface area contributed by atoms with Crippen molar-refractivity contribution in [2.75, 3.05) is 20.3 Å². The third-order valence-corrected chi connectivity index (χ3v) is 2.85. The fourth-order valence-corrected chi connectivity index (χ4v) is 1.90. The first-order valence-electron chi connectivity index (χ1n) is 5.67. The average molecular weight is 286 g/mol. The number of nitrogens with zero attached hydrogens (tertiary/aromatic N) is 1. The number of nitrogens with one attached hydrogen (secondary N) is 2. The SMILES string of the molecule is COCCN=C1NC(=O)C(c2cc(Cl)ccc2F)N1. The van der Waals surface area contributed by atoms with Crippen LogP contribution in [-0.4, -0.2) is 32.1 Å². The van der Waals surface area contributed by atoms with E-state index < -0.39 is 11.9 Å². The maximum absolute atomic E-state index is 13.7. The van der Waals surface area contributed by atoms with Gasteiger partial charge in [-0.3, -0.25) is 15.1 Å². The Morgan fingerprint density at radius 1 is 1.53 bits per heavy atom. The monoisotopic (exact) mass is 285 g/mol. The Bertz CT molecular complexity index is 522. The third kappa shape index (κ3) is 3.21. The number of halogens is 2. The molecule has 0 spiro atoms. The summed E-state index contributed by atoms with van der Waals surface area (Å²) in [6, 6.07) is 3.26. The molecule has 7 heteroatoms. The maximum atomic E-state index is 13.7. The average Bonchev–Trinajstić information content (AvgIpc) is 2.74. The van der Waals surface area contributed by atoms with Gasteiger partial charge in [0, 0.05) is 17.7 Å². The molecule has 1 aliphatic rings. The van der Waals surface area contributed by atoms with Crippen LogP contribution in [0.25, 0.3) is 0 Å². The largest absolute Gasteiger partial charge is 0.383 e. The smallest absolute Gasteiger partial charge is 0.254 e. The Morgan fingerprint density at radius 2 is 2.32 bits per heavy atom. The van der Waals surface area contributed by atoms with Crippen molar-refractivity contribution in [2.45, 2.75) is 6.04 Å². The van der Waals surface area contributed by atoms with E-state index in [0.717, 1.165) is 0 Å². The van der Waals surface area contributed by atoms with E-state index in [1.54, 1.807) is 7.11 Å². The number of carbonyl (C=O) groups is 1. The minimum atomic E-state index is -0.819. The number of rotatable bonds is 4. The molecule has 1 amide bonds. The van der Waals surface area contributed by atoms with Gasteiger partial charge in [0.15, 0.2) is 5.96 Å². The molecule has 102 valence electrons. The number of amides is 1. The Kier molecular flexibility index (Phi) is 4.34. The highest BCUT2D eigenvalue weighted by molar-refractivity contribution is 6.30. The molecule has 0 radical (unpaired) electrons. The number of hydrogen-bond acceptors (Lipinski definition) is 3. The number of guanidine groups is 1. The normalized spacial score (nSPS) is 20.5. The summed E-state index contributed by atoms with van der Waals surface area (Å²) in [4.78, 5) is 15.9. The molecule has 1 unspecified atom stereocenters. The quantitative estimate of drug-likeness (QED) is 0.818. The molecule has 1 aliphatic heterocycles. The topological polar surface area (TPSA) is 62.7 Å². The molecule has 0 aromatic heterocycles. The van der Waals surface area contributed by atoms with Crippen LogP contribution in [0.4, 0.5) is 4.39 Å². The van der Waals surface area contributed by atoms with Crippen LogP contribution >= 0.6 is 11.6 Å². The molecule has 2 N–H and O–H groups in total. The highest BCUT2D eigenvalue weighted by atomic mass is 35.5. The summed E-state index contributed by atoms with van der Waals surface area (Å²) in [5.74, 6) is -0.543.